The van der Waals surface area contributed by atoms with Crippen molar-refractivity contribution in [2.75, 3.05) is 4.90 Å². The van der Waals surface area contributed by atoms with Gasteiger partial charge in [0.05, 0.1) is 0 Å². The molecule has 1 aromatic heterocycles. The molecule has 1 amide bonds. The second-order valence-electron chi connectivity index (χ2n) is 8.66. The molecular weight excluding hydrogens is 550 g/mol. The molecule has 6 heteroatoms. The number of aromatic nitrogens is 1. The van der Waals surface area contributed by atoms with Crippen LogP contribution in [0.25, 0.3) is 0 Å². The van der Waals surface area contributed by atoms with E-state index in [1.165, 1.54) is 0 Å². The zero-order valence-electron chi connectivity index (χ0n) is 19.9. The van der Waals surface area contributed by atoms with Gasteiger partial charge in [0.25, 0.3) is 0 Å². The number of benzene rings is 4. The second kappa shape index (κ2) is 10.2. The summed E-state index contributed by atoms with van der Waals surface area (Å²) >= 11 is 8.12. The van der Waals surface area contributed by atoms with Crippen molar-refractivity contribution in [3.63, 3.8) is 0 Å². The molecule has 36 heavy (non-hydrogen) atoms. The fourth-order valence-electron chi connectivity index (χ4n) is 4.72. The van der Waals surface area contributed by atoms with Crippen LogP contribution in [0.15, 0.2) is 126 Å². The Morgan fingerprint density at radius 2 is 1.17 bits per heavy atom. The molecule has 0 saturated heterocycles. The van der Waals surface area contributed by atoms with Crippen LogP contribution in [0.5, 0.6) is 0 Å². The summed E-state index contributed by atoms with van der Waals surface area (Å²) in [4.78, 5) is 21.6. The first kappa shape index (κ1) is 24.7. The van der Waals surface area contributed by atoms with Gasteiger partial charge in [-0.3, -0.25) is 0 Å². The number of carbonyl (C=O) groups is 1. The van der Waals surface area contributed by atoms with Crippen LogP contribution in [-0.2, 0) is 11.0 Å². The van der Waals surface area contributed by atoms with Gasteiger partial charge in [0.2, 0.25) is 0 Å². The van der Waals surface area contributed by atoms with Crippen molar-refractivity contribution in [3.05, 3.63) is 132 Å². The molecule has 0 aliphatic carbocycles. The summed E-state index contributed by atoms with van der Waals surface area (Å²) in [6.07, 6.45) is 0.566. The van der Waals surface area contributed by atoms with E-state index in [1.807, 2.05) is 48.5 Å². The van der Waals surface area contributed by atoms with E-state index in [-0.39, 0.29) is 20.4 Å². The zero-order chi connectivity index (χ0) is 25.0. The van der Waals surface area contributed by atoms with Gasteiger partial charge in [-0.05, 0) is 0 Å². The van der Waals surface area contributed by atoms with Crippen LogP contribution in [0.1, 0.15) is 12.6 Å². The van der Waals surface area contributed by atoms with Crippen molar-refractivity contribution >= 4 is 63.9 Å². The van der Waals surface area contributed by atoms with Crippen molar-refractivity contribution in [1.82, 2.24) is 4.98 Å². The molecule has 5 aromatic rings. The third-order valence-corrected chi connectivity index (χ3v) is 15.4. The maximum atomic E-state index is 12.7. The van der Waals surface area contributed by atoms with E-state index in [4.69, 9.17) is 16.2 Å². The number of halogens is 1. The Hall–Kier alpha value is -3.00. The van der Waals surface area contributed by atoms with Crippen molar-refractivity contribution in [1.29, 1.82) is 0 Å². The fraction of sp³-hybridized carbons (Fsp3) is 0.0667. The van der Waals surface area contributed by atoms with Gasteiger partial charge in [0, 0.05) is 0 Å². The van der Waals surface area contributed by atoms with Gasteiger partial charge in [0.1, 0.15) is 0 Å². The van der Waals surface area contributed by atoms with Gasteiger partial charge in [-0.15, -0.1) is 0 Å². The Kier molecular flexibility index (Phi) is 6.97. The van der Waals surface area contributed by atoms with E-state index in [1.54, 1.807) is 11.8 Å². The van der Waals surface area contributed by atoms with Crippen molar-refractivity contribution < 1.29 is 4.79 Å². The summed E-state index contributed by atoms with van der Waals surface area (Å²) in [5, 5.41) is 3.31. The molecule has 0 fully saturated rings. The third-order valence-electron chi connectivity index (χ3n) is 6.40. The van der Waals surface area contributed by atoms with Gasteiger partial charge in [0.15, 0.2) is 0 Å². The predicted molar refractivity (Wildman–Crippen MR) is 155 cm³/mol. The molecule has 5 rings (SSSR count). The fourth-order valence-corrected chi connectivity index (χ4v) is 12.8. The number of anilines is 2. The predicted octanol–water partition coefficient (Wildman–Crippen LogP) is 6.01. The maximum absolute atomic E-state index is 12.7. The first-order chi connectivity index (χ1) is 17.5. The number of hydrogen-bond donors (Lipinski definition) is 0. The Bertz CT molecular complexity index is 1360. The molecular formula is C30H26ClN2OPSe. The van der Waals surface area contributed by atoms with Gasteiger partial charge in [-0.2, -0.15) is 0 Å². The summed E-state index contributed by atoms with van der Waals surface area (Å²) in [5.74, 6) is -3.52. The Balaban J connectivity index is 1.70. The zero-order valence-corrected chi connectivity index (χ0v) is 23.2. The van der Waals surface area contributed by atoms with E-state index in [9.17, 15) is 4.79 Å². The normalized spacial score (nSPS) is 12.4. The third kappa shape index (κ3) is 4.36. The molecule has 0 aliphatic heterocycles. The molecule has 0 atom stereocenters. The van der Waals surface area contributed by atoms with Crippen LogP contribution in [-0.4, -0.2) is 25.4 Å². The molecule has 4 aromatic carbocycles. The molecule has 180 valence electrons. The standard InChI is InChI=1S/C30H26ClN2OPSe/c1-24(34)33(26-14-6-2-7-15-26)30-32-25(23-36-30)22-35(31,27-16-8-3-9-17-27,28-18-10-4-11-19-28)29-20-12-5-13-21-29/h2-21,23H,22H2,1H3. The number of nitrogens with zero attached hydrogens (tertiary/aromatic N) is 2. The molecule has 0 unspecified atom stereocenters. The summed E-state index contributed by atoms with van der Waals surface area (Å²) in [6.45, 7) is 1.59. The first-order valence-electron chi connectivity index (χ1n) is 11.7. The van der Waals surface area contributed by atoms with Crippen LogP contribution < -0.4 is 20.8 Å². The molecule has 0 saturated carbocycles. The monoisotopic (exact) mass is 576 g/mol. The van der Waals surface area contributed by atoms with E-state index >= 15 is 0 Å². The van der Waals surface area contributed by atoms with Crippen LogP contribution in [0.2, 0.25) is 0 Å². The van der Waals surface area contributed by atoms with Gasteiger partial charge < -0.3 is 0 Å². The Morgan fingerprint density at radius 1 is 0.750 bits per heavy atom. The number of hydrogen-bond acceptors (Lipinski definition) is 2. The van der Waals surface area contributed by atoms with E-state index in [2.05, 4.69) is 77.7 Å². The number of amides is 1. The Morgan fingerprint density at radius 3 is 1.58 bits per heavy atom. The molecule has 0 aliphatic rings. The van der Waals surface area contributed by atoms with E-state index in [0.29, 0.717) is 6.16 Å². The van der Waals surface area contributed by atoms with Crippen molar-refractivity contribution in [2.24, 2.45) is 0 Å². The van der Waals surface area contributed by atoms with Gasteiger partial charge >= 0.3 is 224 Å². The van der Waals surface area contributed by atoms with Gasteiger partial charge in [-0.25, -0.2) is 0 Å². The molecule has 0 radical (unpaired) electrons. The van der Waals surface area contributed by atoms with E-state index in [0.717, 1.165) is 32.0 Å². The van der Waals surface area contributed by atoms with Crippen molar-refractivity contribution in [3.8, 4) is 0 Å². The Labute approximate surface area is 222 Å². The quantitative estimate of drug-likeness (QED) is 0.176. The SMILES string of the molecule is CC(=O)N(c1ccccc1)c1nc(CP(Cl)(c2ccccc2)(c2ccccc2)c2ccccc2)c[se]1. The molecule has 0 N–H and O–H groups in total. The first-order valence-corrected chi connectivity index (χ1v) is 16.9. The summed E-state index contributed by atoms with van der Waals surface area (Å²) in [6, 6.07) is 41.0. The second-order valence-corrected chi connectivity index (χ2v) is 16.9. The number of para-hydroxylation sites is 1. The summed E-state index contributed by atoms with van der Waals surface area (Å²) in [7, 11) is 0. The molecule has 3 nitrogen and oxygen atoms in total. The van der Waals surface area contributed by atoms with Crippen LogP contribution >= 0.6 is 17.2 Å². The minimum atomic E-state index is -3.48. The van der Waals surface area contributed by atoms with Crippen molar-refractivity contribution in [2.45, 2.75) is 13.1 Å². The van der Waals surface area contributed by atoms with Crippen LogP contribution in [0.3, 0.4) is 0 Å². The van der Waals surface area contributed by atoms with Gasteiger partial charge in [-0.1, -0.05) is 0 Å². The average Bonchev–Trinajstić information content (AvgIpc) is 3.38. The summed E-state index contributed by atoms with van der Waals surface area (Å²) in [5.41, 5.74) is 1.76. The minimum absolute atomic E-state index is 0.0472. The van der Waals surface area contributed by atoms with Crippen LogP contribution in [0, 0.1) is 0 Å². The molecule has 0 bridgehead atoms. The van der Waals surface area contributed by atoms with E-state index < -0.39 is 5.96 Å². The van der Waals surface area contributed by atoms with Crippen LogP contribution in [0.4, 0.5) is 10.4 Å². The number of carbonyl (C=O) groups excluding carboxylic acids is 1. The molecule has 0 spiro atoms. The average molecular weight is 576 g/mol. The summed E-state index contributed by atoms with van der Waals surface area (Å²) < 4.78 is 0.784. The topological polar surface area (TPSA) is 33.2 Å². The molecule has 1 heterocycles. The number of rotatable bonds is 7.